The zero-order valence-corrected chi connectivity index (χ0v) is 18.6. The Kier molecular flexibility index (Phi) is 3.42. The summed E-state index contributed by atoms with van der Waals surface area (Å²) in [6.07, 6.45) is 4.75. The van der Waals surface area contributed by atoms with E-state index in [1.165, 1.54) is 18.4 Å². The predicted octanol–water partition coefficient (Wildman–Crippen LogP) is 4.87. The van der Waals surface area contributed by atoms with Crippen LogP contribution in [0.4, 0.5) is 0 Å². The second kappa shape index (κ2) is 5.36. The minimum atomic E-state index is -2.55. The molecule has 0 aromatic heterocycles. The van der Waals surface area contributed by atoms with Gasteiger partial charge in [-0.05, 0) is 0 Å². The maximum absolute atomic E-state index is 2.63. The van der Waals surface area contributed by atoms with Gasteiger partial charge in [0.2, 0.25) is 0 Å². The summed E-state index contributed by atoms with van der Waals surface area (Å²) in [7, 11) is 0. The van der Waals surface area contributed by atoms with Crippen molar-refractivity contribution in [3.05, 3.63) is 58.7 Å². The van der Waals surface area contributed by atoms with Gasteiger partial charge in [-0.3, -0.25) is 0 Å². The molecule has 0 amide bonds. The van der Waals surface area contributed by atoms with E-state index in [4.69, 9.17) is 0 Å². The molecule has 2 aliphatic rings. The summed E-state index contributed by atoms with van der Waals surface area (Å²) in [5.41, 5.74) is 9.38. The van der Waals surface area contributed by atoms with Gasteiger partial charge in [-0.15, -0.1) is 0 Å². The third-order valence-electron chi connectivity index (χ3n) is 6.74. The summed E-state index contributed by atoms with van der Waals surface area (Å²) >= 11 is -2.55. The fourth-order valence-corrected chi connectivity index (χ4v) is 14.1. The molecule has 0 saturated heterocycles. The third kappa shape index (κ3) is 2.01. The average Bonchev–Trinajstić information content (AvgIpc) is 3.05. The summed E-state index contributed by atoms with van der Waals surface area (Å²) < 4.78 is 3.45. The van der Waals surface area contributed by atoms with Crippen LogP contribution >= 0.6 is 0 Å². The number of fused-ring (bicyclic) bond motifs is 2. The van der Waals surface area contributed by atoms with Crippen molar-refractivity contribution in [2.24, 2.45) is 0 Å². The van der Waals surface area contributed by atoms with Crippen LogP contribution < -0.4 is 7.16 Å². The van der Waals surface area contributed by atoms with E-state index in [0.717, 1.165) is 12.8 Å². The quantitative estimate of drug-likeness (QED) is 0.507. The first kappa shape index (κ1) is 15.9. The van der Waals surface area contributed by atoms with Gasteiger partial charge in [0.15, 0.2) is 0 Å². The normalized spacial score (nSPS) is 16.3. The van der Waals surface area contributed by atoms with Crippen LogP contribution in [-0.2, 0) is 25.7 Å². The van der Waals surface area contributed by atoms with Crippen LogP contribution in [0.2, 0.25) is 9.88 Å². The molecule has 0 unspecified atom stereocenters. The molecule has 1 aliphatic heterocycles. The Morgan fingerprint density at radius 1 is 0.720 bits per heavy atom. The molecule has 5 rings (SSSR count). The predicted molar refractivity (Wildman–Crippen MR) is 112 cm³/mol. The van der Waals surface area contributed by atoms with E-state index >= 15 is 0 Å². The van der Waals surface area contributed by atoms with E-state index in [2.05, 4.69) is 60.1 Å². The fraction of sp³-hybridized carbons (Fsp3) is 0.333. The Balaban J connectivity index is 1.96. The molecule has 0 bridgehead atoms. The monoisotopic (exact) mass is 434 g/mol. The van der Waals surface area contributed by atoms with Crippen LogP contribution in [0, 0.1) is 0 Å². The van der Waals surface area contributed by atoms with E-state index in [1.807, 2.05) is 0 Å². The first-order chi connectivity index (χ1) is 12.1. The molecule has 0 radical (unpaired) electrons. The van der Waals surface area contributed by atoms with Crippen molar-refractivity contribution in [1.29, 1.82) is 0 Å². The summed E-state index contributed by atoms with van der Waals surface area (Å²) in [5.74, 6) is 0. The average molecular weight is 433 g/mol. The summed E-state index contributed by atoms with van der Waals surface area (Å²) in [6, 6.07) is 14.9. The van der Waals surface area contributed by atoms with E-state index < -0.39 is 18.4 Å². The summed E-state index contributed by atoms with van der Waals surface area (Å²) in [4.78, 5) is 5.25. The van der Waals surface area contributed by atoms with Crippen LogP contribution in [0.25, 0.3) is 21.9 Å². The van der Waals surface area contributed by atoms with Crippen molar-refractivity contribution in [2.45, 2.75) is 49.4 Å². The first-order valence-electron chi connectivity index (χ1n) is 9.80. The molecular weight excluding hydrogens is 407 g/mol. The number of hydrogen-bond acceptors (Lipinski definition) is 0. The molecule has 1 heterocycles. The van der Waals surface area contributed by atoms with E-state index in [1.54, 1.807) is 45.7 Å². The first-order valence-corrected chi connectivity index (χ1v) is 18.4. The van der Waals surface area contributed by atoms with Crippen LogP contribution in [0.5, 0.6) is 0 Å². The molecule has 0 spiro atoms. The molecule has 0 nitrogen and oxygen atoms in total. The Labute approximate surface area is 155 Å². The zero-order valence-electron chi connectivity index (χ0n) is 15.8. The third-order valence-corrected chi connectivity index (χ3v) is 16.8. The van der Waals surface area contributed by atoms with Gasteiger partial charge >= 0.3 is 155 Å². The number of aryl methyl sites for hydroxylation is 4. The Hall–Kier alpha value is -1.28. The minimum absolute atomic E-state index is 1.14. The van der Waals surface area contributed by atoms with Gasteiger partial charge in [-0.25, -0.2) is 0 Å². The molecule has 126 valence electrons. The Morgan fingerprint density at radius 3 is 2.04 bits per heavy atom. The van der Waals surface area contributed by atoms with Crippen LogP contribution in [-0.4, -0.2) is 18.4 Å². The Bertz CT molecular complexity index is 1030. The van der Waals surface area contributed by atoms with E-state index in [9.17, 15) is 0 Å². The van der Waals surface area contributed by atoms with Crippen LogP contribution in [0.3, 0.4) is 0 Å². The van der Waals surface area contributed by atoms with Gasteiger partial charge in [-0.2, -0.15) is 0 Å². The van der Waals surface area contributed by atoms with Gasteiger partial charge in [0.1, 0.15) is 0 Å². The molecular formula is C24H26Sn. The number of benzene rings is 3. The van der Waals surface area contributed by atoms with Gasteiger partial charge < -0.3 is 0 Å². The number of rotatable bonds is 2. The van der Waals surface area contributed by atoms with Gasteiger partial charge in [-0.1, -0.05) is 0 Å². The van der Waals surface area contributed by atoms with E-state index in [-0.39, 0.29) is 0 Å². The number of hydrogen-bond donors (Lipinski definition) is 0. The molecule has 25 heavy (non-hydrogen) atoms. The maximum atomic E-state index is 2.63. The van der Waals surface area contributed by atoms with Crippen LogP contribution in [0.15, 0.2) is 36.4 Å². The second-order valence-corrected chi connectivity index (χ2v) is 20.6. The molecule has 0 atom stereocenters. The van der Waals surface area contributed by atoms with E-state index in [0.29, 0.717) is 0 Å². The standard InChI is InChI=1S/C22H20.2CH3.Sn/c1-3-15-8-11-19(14-16(15)4-2)20-13-12-18-10-9-17-6-5-7-21(20)22(17)18;;;/h5-6,8,12-14H,3-4,9-10H2,1-2H3;2*1H3;. The molecule has 1 heteroatoms. The van der Waals surface area contributed by atoms with Gasteiger partial charge in [0, 0.05) is 0 Å². The van der Waals surface area contributed by atoms with Crippen LogP contribution in [0.1, 0.15) is 36.1 Å². The van der Waals surface area contributed by atoms with Crippen molar-refractivity contribution in [3.63, 3.8) is 0 Å². The molecule has 0 N–H and O–H groups in total. The molecule has 0 saturated carbocycles. The van der Waals surface area contributed by atoms with Crippen molar-refractivity contribution in [2.75, 3.05) is 0 Å². The molecule has 0 fully saturated rings. The van der Waals surface area contributed by atoms with Gasteiger partial charge in [0.25, 0.3) is 0 Å². The fourth-order valence-electron chi connectivity index (χ4n) is 5.31. The van der Waals surface area contributed by atoms with Crippen molar-refractivity contribution >= 4 is 36.3 Å². The second-order valence-electron chi connectivity index (χ2n) is 8.29. The van der Waals surface area contributed by atoms with Crippen molar-refractivity contribution < 1.29 is 0 Å². The van der Waals surface area contributed by atoms with Gasteiger partial charge in [0.05, 0.1) is 0 Å². The summed E-state index contributed by atoms with van der Waals surface area (Å²) in [6.45, 7) is 4.61. The zero-order chi connectivity index (χ0) is 17.3. The topological polar surface area (TPSA) is 0 Å². The molecule has 3 aromatic rings. The summed E-state index contributed by atoms with van der Waals surface area (Å²) in [5, 5.41) is 3.25. The van der Waals surface area contributed by atoms with Crippen molar-refractivity contribution in [1.82, 2.24) is 0 Å². The molecule has 1 aliphatic carbocycles. The SMILES string of the molecule is CCc1cc2[c](cc1CC)[Sn]([CH3])([CH3])[c]1ccc3c4c(ccc-2c14)CC3. The molecule has 3 aromatic carbocycles. The van der Waals surface area contributed by atoms with Crippen molar-refractivity contribution in [3.8, 4) is 11.1 Å². The Morgan fingerprint density at radius 2 is 1.36 bits per heavy atom.